The Kier molecular flexibility index (Phi) is 5.60. The third-order valence-corrected chi connectivity index (χ3v) is 5.70. The number of hydrogen-bond donors (Lipinski definition) is 1. The number of anilines is 1. The van der Waals surface area contributed by atoms with Crippen molar-refractivity contribution in [1.82, 2.24) is 9.88 Å². The van der Waals surface area contributed by atoms with E-state index in [1.165, 1.54) is 12.8 Å². The molecule has 150 valence electrons. The van der Waals surface area contributed by atoms with Crippen LogP contribution in [0.25, 0.3) is 22.3 Å². The number of hydrogen-bond acceptors (Lipinski definition) is 5. The summed E-state index contributed by atoms with van der Waals surface area (Å²) in [6.07, 6.45) is 1.79. The summed E-state index contributed by atoms with van der Waals surface area (Å²) in [5, 5.41) is 10.3. The van der Waals surface area contributed by atoms with E-state index < -0.39 is 0 Å². The maximum absolute atomic E-state index is 9.85. The summed E-state index contributed by atoms with van der Waals surface area (Å²) in [5.74, 6) is 0.497. The van der Waals surface area contributed by atoms with Crippen LogP contribution >= 0.6 is 11.6 Å². The average molecular weight is 410 g/mol. The number of pyridine rings is 1. The van der Waals surface area contributed by atoms with E-state index in [1.54, 1.807) is 24.4 Å². The first kappa shape index (κ1) is 19.6. The molecule has 0 atom stereocenters. The minimum atomic E-state index is 0.0935. The maximum Gasteiger partial charge on any atom is 0.161 e. The summed E-state index contributed by atoms with van der Waals surface area (Å²) < 4.78 is 5.22. The second kappa shape index (κ2) is 8.31. The fourth-order valence-electron chi connectivity index (χ4n) is 3.58. The number of aromatic nitrogens is 1. The fourth-order valence-corrected chi connectivity index (χ4v) is 3.80. The minimum absolute atomic E-state index is 0.0935. The van der Waals surface area contributed by atoms with Crippen molar-refractivity contribution in [1.29, 1.82) is 0 Å². The number of aromatic hydroxyl groups is 1. The van der Waals surface area contributed by atoms with Crippen LogP contribution in [-0.2, 0) is 0 Å². The molecule has 1 saturated heterocycles. The van der Waals surface area contributed by atoms with Crippen molar-refractivity contribution in [2.24, 2.45) is 0 Å². The van der Waals surface area contributed by atoms with Gasteiger partial charge >= 0.3 is 0 Å². The topological polar surface area (TPSA) is 48.8 Å². The Hall–Kier alpha value is -2.76. The summed E-state index contributed by atoms with van der Waals surface area (Å²) in [5.41, 5.74) is 4.95. The molecule has 3 aromatic rings. The van der Waals surface area contributed by atoms with E-state index >= 15 is 0 Å². The van der Waals surface area contributed by atoms with E-state index in [2.05, 4.69) is 46.1 Å². The smallest absolute Gasteiger partial charge is 0.161 e. The van der Waals surface area contributed by atoms with Gasteiger partial charge in [-0.05, 0) is 48.5 Å². The zero-order valence-electron chi connectivity index (χ0n) is 16.6. The van der Waals surface area contributed by atoms with Gasteiger partial charge in [-0.25, -0.2) is 4.98 Å². The predicted molar refractivity (Wildman–Crippen MR) is 118 cm³/mol. The van der Waals surface area contributed by atoms with Gasteiger partial charge < -0.3 is 19.6 Å². The molecular formula is C23H24ClN3O2. The Morgan fingerprint density at radius 3 is 2.31 bits per heavy atom. The summed E-state index contributed by atoms with van der Waals surface area (Å²) in [7, 11) is 3.69. The van der Waals surface area contributed by atoms with Crippen LogP contribution in [0.1, 0.15) is 0 Å². The van der Waals surface area contributed by atoms with E-state index in [1.807, 2.05) is 6.07 Å². The highest BCUT2D eigenvalue weighted by atomic mass is 35.5. The van der Waals surface area contributed by atoms with Gasteiger partial charge in [0.05, 0.1) is 7.11 Å². The van der Waals surface area contributed by atoms with Crippen LogP contribution in [0, 0.1) is 0 Å². The van der Waals surface area contributed by atoms with Gasteiger partial charge in [0.15, 0.2) is 11.5 Å². The van der Waals surface area contributed by atoms with E-state index in [-0.39, 0.29) is 5.75 Å². The Bertz CT molecular complexity index is 1000. The van der Waals surface area contributed by atoms with Crippen molar-refractivity contribution < 1.29 is 9.84 Å². The van der Waals surface area contributed by atoms with Crippen molar-refractivity contribution in [3.63, 3.8) is 0 Å². The summed E-state index contributed by atoms with van der Waals surface area (Å²) in [6.45, 7) is 4.26. The molecule has 0 amide bonds. The lowest BCUT2D eigenvalue weighted by Gasteiger charge is -2.34. The Morgan fingerprint density at radius 1 is 0.931 bits per heavy atom. The maximum atomic E-state index is 9.85. The van der Waals surface area contributed by atoms with Gasteiger partial charge in [0.25, 0.3) is 0 Å². The largest absolute Gasteiger partial charge is 0.504 e. The third-order valence-electron chi connectivity index (χ3n) is 5.40. The van der Waals surface area contributed by atoms with Crippen molar-refractivity contribution in [2.45, 2.75) is 0 Å². The van der Waals surface area contributed by atoms with E-state index in [0.717, 1.165) is 48.4 Å². The van der Waals surface area contributed by atoms with Gasteiger partial charge in [-0.2, -0.15) is 0 Å². The lowest BCUT2D eigenvalue weighted by atomic mass is 10.0. The van der Waals surface area contributed by atoms with E-state index in [0.29, 0.717) is 10.9 Å². The summed E-state index contributed by atoms with van der Waals surface area (Å²) >= 11 is 6.37. The summed E-state index contributed by atoms with van der Waals surface area (Å²) in [4.78, 5) is 9.14. The molecular weight excluding hydrogens is 386 g/mol. The predicted octanol–water partition coefficient (Wildman–Crippen LogP) is 4.54. The van der Waals surface area contributed by atoms with Gasteiger partial charge in [-0.15, -0.1) is 0 Å². The van der Waals surface area contributed by atoms with Crippen molar-refractivity contribution >= 4 is 17.3 Å². The number of halogens is 1. The fraction of sp³-hybridized carbons (Fsp3) is 0.261. The number of methoxy groups -OCH3 is 1. The molecule has 5 nitrogen and oxygen atoms in total. The first-order valence-corrected chi connectivity index (χ1v) is 10.00. The molecule has 1 aliphatic heterocycles. The molecule has 4 rings (SSSR count). The molecule has 2 aromatic carbocycles. The number of rotatable bonds is 4. The summed E-state index contributed by atoms with van der Waals surface area (Å²) in [6, 6.07) is 15.8. The highest BCUT2D eigenvalue weighted by Gasteiger charge is 2.15. The van der Waals surface area contributed by atoms with Gasteiger partial charge in [-0.3, -0.25) is 0 Å². The number of phenolic OH excluding ortho intramolecular Hbond substituents is 1. The Labute approximate surface area is 176 Å². The molecule has 1 N–H and O–H groups in total. The monoisotopic (exact) mass is 409 g/mol. The molecule has 1 aliphatic rings. The first-order valence-electron chi connectivity index (χ1n) is 9.62. The minimum Gasteiger partial charge on any atom is -0.504 e. The van der Waals surface area contributed by atoms with Gasteiger partial charge in [-0.1, -0.05) is 29.8 Å². The molecule has 0 radical (unpaired) electrons. The second-order valence-electron chi connectivity index (χ2n) is 7.29. The molecule has 0 aliphatic carbocycles. The molecule has 0 unspecified atom stereocenters. The number of ether oxygens (including phenoxy) is 1. The zero-order valence-corrected chi connectivity index (χ0v) is 17.4. The van der Waals surface area contributed by atoms with Crippen molar-refractivity contribution in [2.75, 3.05) is 45.2 Å². The van der Waals surface area contributed by atoms with Gasteiger partial charge in [0.1, 0.15) is 5.15 Å². The molecule has 1 aromatic heterocycles. The van der Waals surface area contributed by atoms with Crippen LogP contribution in [0.3, 0.4) is 0 Å². The number of benzene rings is 2. The van der Waals surface area contributed by atoms with Crippen molar-refractivity contribution in [3.05, 3.63) is 59.9 Å². The number of nitrogens with zero attached hydrogens (tertiary/aromatic N) is 3. The van der Waals surface area contributed by atoms with Crippen LogP contribution in [0.4, 0.5) is 5.69 Å². The molecule has 0 spiro atoms. The third kappa shape index (κ3) is 4.16. The standard InChI is InChI=1S/C23H24ClN3O2/c1-26-9-11-27(12-10-26)19-6-3-16(4-7-19)18-13-20(23(24)25-15-18)17-5-8-21(28)22(14-17)29-2/h3-8,13-15,28H,9-12H2,1-2H3. The molecule has 1 fully saturated rings. The second-order valence-corrected chi connectivity index (χ2v) is 7.64. The lowest BCUT2D eigenvalue weighted by Crippen LogP contribution is -2.44. The van der Waals surface area contributed by atoms with Crippen LogP contribution in [0.5, 0.6) is 11.5 Å². The quantitative estimate of drug-likeness (QED) is 0.641. The zero-order chi connectivity index (χ0) is 20.4. The highest BCUT2D eigenvalue weighted by molar-refractivity contribution is 6.32. The number of piperazine rings is 1. The van der Waals surface area contributed by atoms with E-state index in [9.17, 15) is 5.11 Å². The number of likely N-dealkylation sites (N-methyl/N-ethyl adjacent to an activating group) is 1. The normalized spacial score (nSPS) is 14.8. The molecule has 0 bridgehead atoms. The van der Waals surface area contributed by atoms with Crippen LogP contribution < -0.4 is 9.64 Å². The molecule has 0 saturated carbocycles. The van der Waals surface area contributed by atoms with Crippen LogP contribution in [0.2, 0.25) is 5.15 Å². The van der Waals surface area contributed by atoms with Gasteiger partial charge in [0.2, 0.25) is 0 Å². The lowest BCUT2D eigenvalue weighted by molar-refractivity contribution is 0.313. The molecule has 29 heavy (non-hydrogen) atoms. The SMILES string of the molecule is COc1cc(-c2cc(-c3ccc(N4CCN(C)CC4)cc3)cnc2Cl)ccc1O. The highest BCUT2D eigenvalue weighted by Crippen LogP contribution is 2.36. The Balaban J connectivity index is 1.62. The van der Waals surface area contributed by atoms with Crippen LogP contribution in [0.15, 0.2) is 54.7 Å². The Morgan fingerprint density at radius 2 is 1.62 bits per heavy atom. The first-order chi connectivity index (χ1) is 14.0. The average Bonchev–Trinajstić information content (AvgIpc) is 2.75. The van der Waals surface area contributed by atoms with E-state index in [4.69, 9.17) is 16.3 Å². The molecule has 2 heterocycles. The van der Waals surface area contributed by atoms with Crippen LogP contribution in [-0.4, -0.2) is 55.3 Å². The number of phenols is 1. The molecule has 6 heteroatoms. The van der Waals surface area contributed by atoms with Gasteiger partial charge in [0, 0.05) is 49.2 Å². The van der Waals surface area contributed by atoms with Crippen molar-refractivity contribution in [3.8, 4) is 33.8 Å².